The maximum Gasteiger partial charge on any atom is 0.159 e. The fourth-order valence-electron chi connectivity index (χ4n) is 5.59. The molecule has 5 rings (SSSR count). The van der Waals surface area contributed by atoms with Crippen molar-refractivity contribution in [1.82, 2.24) is 0 Å². The Hall–Kier alpha value is -0.630. The first-order valence-electron chi connectivity index (χ1n) is 8.18. The number of rotatable bonds is 3. The maximum absolute atomic E-state index is 13.3. The summed E-state index contributed by atoms with van der Waals surface area (Å²) in [6.45, 7) is 0. The smallest absolute Gasteiger partial charge is 0.159 e. The Balaban J connectivity index is 1.49. The molecule has 21 heavy (non-hydrogen) atoms. The van der Waals surface area contributed by atoms with Crippen molar-refractivity contribution in [3.63, 3.8) is 0 Å². The molecule has 4 aliphatic carbocycles. The third-order valence-corrected chi connectivity index (χ3v) is 6.58. The van der Waals surface area contributed by atoms with Crippen molar-refractivity contribution < 1.29 is 8.78 Å². The molecule has 4 fully saturated rings. The van der Waals surface area contributed by atoms with Gasteiger partial charge in [0.2, 0.25) is 0 Å². The minimum Gasteiger partial charge on any atom is -0.204 e. The highest BCUT2D eigenvalue weighted by molar-refractivity contribution is 6.21. The van der Waals surface area contributed by atoms with Crippen LogP contribution in [0.1, 0.15) is 37.7 Å². The molecule has 1 unspecified atom stereocenters. The highest BCUT2D eigenvalue weighted by Crippen LogP contribution is 2.58. The van der Waals surface area contributed by atoms with Crippen molar-refractivity contribution in [2.24, 2.45) is 29.6 Å². The maximum atomic E-state index is 13.3. The summed E-state index contributed by atoms with van der Waals surface area (Å²) < 4.78 is 26.4. The van der Waals surface area contributed by atoms with Gasteiger partial charge in [-0.1, -0.05) is 6.07 Å². The lowest BCUT2D eigenvalue weighted by Gasteiger charge is -2.55. The number of hydrogen-bond donors (Lipinski definition) is 0. The molecule has 3 heteroatoms. The van der Waals surface area contributed by atoms with Crippen molar-refractivity contribution in [2.45, 2.75) is 43.9 Å². The predicted octanol–water partition coefficient (Wildman–Crippen LogP) is 5.19. The van der Waals surface area contributed by atoms with Gasteiger partial charge in [-0.15, -0.1) is 11.6 Å². The van der Waals surface area contributed by atoms with Gasteiger partial charge in [0, 0.05) is 5.38 Å². The summed E-state index contributed by atoms with van der Waals surface area (Å²) in [5.41, 5.74) is 0.822. The Bertz CT molecular complexity index is 514. The van der Waals surface area contributed by atoms with Crippen molar-refractivity contribution >= 4 is 11.6 Å². The molecule has 0 amide bonds. The van der Waals surface area contributed by atoms with Crippen LogP contribution in [-0.4, -0.2) is 5.38 Å². The third-order valence-electron chi connectivity index (χ3n) is 6.13. The van der Waals surface area contributed by atoms with Crippen LogP contribution < -0.4 is 0 Å². The van der Waals surface area contributed by atoms with E-state index < -0.39 is 11.6 Å². The van der Waals surface area contributed by atoms with Crippen LogP contribution in [0.25, 0.3) is 0 Å². The van der Waals surface area contributed by atoms with Crippen molar-refractivity contribution in [3.8, 4) is 0 Å². The molecule has 114 valence electrons. The highest BCUT2D eigenvalue weighted by atomic mass is 35.5. The summed E-state index contributed by atoms with van der Waals surface area (Å²) in [7, 11) is 0. The lowest BCUT2D eigenvalue weighted by atomic mass is 9.51. The van der Waals surface area contributed by atoms with Crippen LogP contribution >= 0.6 is 11.6 Å². The van der Waals surface area contributed by atoms with Gasteiger partial charge in [-0.05, 0) is 85.8 Å². The lowest BCUT2D eigenvalue weighted by Crippen LogP contribution is -2.48. The molecule has 0 aliphatic heterocycles. The normalized spacial score (nSPS) is 38.7. The molecule has 0 saturated heterocycles. The molecule has 0 N–H and O–H groups in total. The zero-order chi connectivity index (χ0) is 14.6. The molecule has 1 aromatic rings. The second-order valence-electron chi connectivity index (χ2n) is 7.48. The molecule has 0 heterocycles. The van der Waals surface area contributed by atoms with E-state index in [9.17, 15) is 8.78 Å². The first-order chi connectivity index (χ1) is 10.1. The van der Waals surface area contributed by atoms with Gasteiger partial charge < -0.3 is 0 Å². The fraction of sp³-hybridized carbons (Fsp3) is 0.667. The number of hydrogen-bond acceptors (Lipinski definition) is 0. The van der Waals surface area contributed by atoms with E-state index in [0.29, 0.717) is 12.3 Å². The van der Waals surface area contributed by atoms with Crippen LogP contribution in [0, 0.1) is 41.2 Å². The van der Waals surface area contributed by atoms with Crippen LogP contribution in [0.2, 0.25) is 0 Å². The minimum atomic E-state index is -0.778. The van der Waals surface area contributed by atoms with E-state index in [-0.39, 0.29) is 5.38 Å². The average molecular weight is 311 g/mol. The van der Waals surface area contributed by atoms with E-state index in [4.69, 9.17) is 11.6 Å². The van der Waals surface area contributed by atoms with Gasteiger partial charge in [-0.25, -0.2) is 8.78 Å². The van der Waals surface area contributed by atoms with Gasteiger partial charge in [0.25, 0.3) is 0 Å². The monoisotopic (exact) mass is 310 g/mol. The summed E-state index contributed by atoms with van der Waals surface area (Å²) in [5, 5.41) is 0.0601. The van der Waals surface area contributed by atoms with Gasteiger partial charge in [-0.2, -0.15) is 0 Å². The molecule has 1 aromatic carbocycles. The summed E-state index contributed by atoms with van der Waals surface area (Å²) >= 11 is 6.73. The van der Waals surface area contributed by atoms with Gasteiger partial charge in [0.15, 0.2) is 11.6 Å². The van der Waals surface area contributed by atoms with E-state index in [1.807, 2.05) is 0 Å². The topological polar surface area (TPSA) is 0 Å². The third kappa shape index (κ3) is 2.50. The Morgan fingerprint density at radius 2 is 1.57 bits per heavy atom. The zero-order valence-electron chi connectivity index (χ0n) is 12.1. The molecule has 0 aromatic heterocycles. The summed E-state index contributed by atoms with van der Waals surface area (Å²) in [6, 6.07) is 4.19. The molecular weight excluding hydrogens is 290 g/mol. The van der Waals surface area contributed by atoms with E-state index >= 15 is 0 Å². The van der Waals surface area contributed by atoms with Gasteiger partial charge in [0.05, 0.1) is 0 Å². The summed E-state index contributed by atoms with van der Waals surface area (Å²) in [4.78, 5) is 0. The minimum absolute atomic E-state index is 0.0601. The van der Waals surface area contributed by atoms with E-state index in [2.05, 4.69) is 0 Å². The van der Waals surface area contributed by atoms with Crippen molar-refractivity contribution in [1.29, 1.82) is 0 Å². The number of alkyl halides is 1. The average Bonchev–Trinajstić information content (AvgIpc) is 2.41. The second-order valence-corrected chi connectivity index (χ2v) is 8.04. The van der Waals surface area contributed by atoms with Crippen molar-refractivity contribution in [2.75, 3.05) is 0 Å². The number of benzene rings is 1. The molecule has 0 nitrogen and oxygen atoms in total. The lowest BCUT2D eigenvalue weighted by molar-refractivity contribution is -0.0376. The van der Waals surface area contributed by atoms with Gasteiger partial charge in [0.1, 0.15) is 0 Å². The van der Waals surface area contributed by atoms with Crippen LogP contribution in [-0.2, 0) is 6.42 Å². The Morgan fingerprint density at radius 3 is 2.14 bits per heavy atom. The molecule has 0 spiro atoms. The van der Waals surface area contributed by atoms with Crippen LogP contribution in [0.5, 0.6) is 0 Å². The highest BCUT2D eigenvalue weighted by Gasteiger charge is 2.50. The molecule has 4 aliphatic rings. The Labute approximate surface area is 129 Å². The van der Waals surface area contributed by atoms with Crippen LogP contribution in [0.4, 0.5) is 8.78 Å². The summed E-state index contributed by atoms with van der Waals surface area (Å²) in [6.07, 6.45) is 7.48. The fourth-order valence-corrected chi connectivity index (χ4v) is 6.18. The Morgan fingerprint density at radius 1 is 0.952 bits per heavy atom. The van der Waals surface area contributed by atoms with Crippen LogP contribution in [0.15, 0.2) is 18.2 Å². The molecule has 0 radical (unpaired) electrons. The SMILES string of the molecule is Fc1ccc(CC(Cl)C2C3CC4CC(C3)CC2C4)cc1F. The zero-order valence-corrected chi connectivity index (χ0v) is 12.8. The standard InChI is InChI=1S/C18H21ClF2/c19-15(8-10-1-2-16(20)17(21)9-10)18-13-4-11-3-12(6-13)7-14(18)5-11/h1-2,9,11-15,18H,3-8H2. The quantitative estimate of drug-likeness (QED) is 0.674. The number of halogens is 3. The van der Waals surface area contributed by atoms with E-state index in [0.717, 1.165) is 29.2 Å². The first kappa shape index (κ1) is 14.0. The predicted molar refractivity (Wildman–Crippen MR) is 80.2 cm³/mol. The van der Waals surface area contributed by atoms with E-state index in [1.165, 1.54) is 44.2 Å². The first-order valence-corrected chi connectivity index (χ1v) is 8.61. The Kier molecular flexibility index (Phi) is 3.48. The van der Waals surface area contributed by atoms with Gasteiger partial charge >= 0.3 is 0 Å². The van der Waals surface area contributed by atoms with Gasteiger partial charge in [-0.3, -0.25) is 0 Å². The molecule has 4 saturated carbocycles. The molecule has 4 bridgehead atoms. The largest absolute Gasteiger partial charge is 0.204 e. The van der Waals surface area contributed by atoms with Crippen molar-refractivity contribution in [3.05, 3.63) is 35.4 Å². The molecular formula is C18H21ClF2. The van der Waals surface area contributed by atoms with Crippen LogP contribution in [0.3, 0.4) is 0 Å². The second kappa shape index (κ2) is 5.22. The molecule has 1 atom stereocenters. The van der Waals surface area contributed by atoms with E-state index in [1.54, 1.807) is 6.07 Å². The summed E-state index contributed by atoms with van der Waals surface area (Å²) in [5.74, 6) is 2.46.